The van der Waals surface area contributed by atoms with Gasteiger partial charge in [-0.2, -0.15) is 10.2 Å². The van der Waals surface area contributed by atoms with Gasteiger partial charge in [-0.15, -0.1) is 13.2 Å². The molecule has 2 aliphatic rings. The van der Waals surface area contributed by atoms with Crippen LogP contribution >= 0.6 is 0 Å². The second-order valence-corrected chi connectivity index (χ2v) is 14.1. The number of amides is 1. The number of hydrogen-bond acceptors (Lipinski definition) is 9. The highest BCUT2D eigenvalue weighted by Gasteiger charge is 2.32. The van der Waals surface area contributed by atoms with E-state index < -0.39 is 12.2 Å². The minimum absolute atomic E-state index is 0.135. The Balaban J connectivity index is 0.993. The Kier molecular flexibility index (Phi) is 9.12. The number of hydrogen-bond donors (Lipinski definition) is 2. The third kappa shape index (κ3) is 6.77. The molecule has 0 saturated carbocycles. The van der Waals surface area contributed by atoms with E-state index in [-0.39, 0.29) is 48.0 Å². The summed E-state index contributed by atoms with van der Waals surface area (Å²) in [5.74, 6) is -0.943. The first-order chi connectivity index (χ1) is 28.0. The lowest BCUT2D eigenvalue weighted by atomic mass is 10.0. The summed E-state index contributed by atoms with van der Waals surface area (Å²) in [6, 6.07) is 21.9. The number of nitrogens with zero attached hydrogens (tertiary/aromatic N) is 8. The molecule has 4 aromatic heterocycles. The van der Waals surface area contributed by atoms with Gasteiger partial charge in [0.1, 0.15) is 22.7 Å². The predicted molar refractivity (Wildman–Crippen MR) is 204 cm³/mol. The molecule has 0 bridgehead atoms. The average Bonchev–Trinajstić information content (AvgIpc) is 3.93. The number of carbonyl (C=O) groups excluding carboxylic acids is 1. The number of fused-ring (bicyclic) bond motifs is 4. The van der Waals surface area contributed by atoms with Crippen molar-refractivity contribution in [3.05, 3.63) is 136 Å². The van der Waals surface area contributed by atoms with Crippen LogP contribution in [0.25, 0.3) is 27.9 Å². The van der Waals surface area contributed by atoms with Crippen LogP contribution in [0.3, 0.4) is 0 Å². The molecule has 7 aromatic rings. The molecule has 1 fully saturated rings. The van der Waals surface area contributed by atoms with Crippen LogP contribution in [0.5, 0.6) is 5.75 Å². The normalized spacial score (nSPS) is 15.4. The maximum Gasteiger partial charge on any atom is 0.573 e. The van der Waals surface area contributed by atoms with Crippen molar-refractivity contribution in [3.8, 4) is 17.5 Å². The van der Waals surface area contributed by atoms with Crippen molar-refractivity contribution in [1.29, 1.82) is 5.26 Å². The monoisotopic (exact) mass is 788 g/mol. The Morgan fingerprint density at radius 2 is 1.84 bits per heavy atom. The van der Waals surface area contributed by atoms with Crippen molar-refractivity contribution in [2.24, 2.45) is 0 Å². The van der Waals surface area contributed by atoms with Gasteiger partial charge >= 0.3 is 12.1 Å². The van der Waals surface area contributed by atoms with E-state index in [1.807, 2.05) is 22.8 Å². The molecule has 58 heavy (non-hydrogen) atoms. The van der Waals surface area contributed by atoms with Gasteiger partial charge in [0.05, 0.1) is 42.6 Å². The van der Waals surface area contributed by atoms with Crippen molar-refractivity contribution < 1.29 is 27.1 Å². The fourth-order valence-electron chi connectivity index (χ4n) is 7.83. The molecule has 0 aliphatic carbocycles. The number of imidazole rings is 1. The molecule has 2 N–H and O–H groups in total. The first kappa shape index (κ1) is 36.6. The number of rotatable bonds is 8. The van der Waals surface area contributed by atoms with Gasteiger partial charge in [-0.3, -0.25) is 13.9 Å². The highest BCUT2D eigenvalue weighted by molar-refractivity contribution is 5.95. The molecule has 1 amide bonds. The van der Waals surface area contributed by atoms with Gasteiger partial charge in [0, 0.05) is 47.2 Å². The molecule has 0 radical (unpaired) electrons. The maximum atomic E-state index is 15.1. The van der Waals surface area contributed by atoms with E-state index >= 15 is 4.39 Å². The first-order valence-corrected chi connectivity index (χ1v) is 18.4. The summed E-state index contributed by atoms with van der Waals surface area (Å²) < 4.78 is 62.0. The molecule has 3 aromatic carbocycles. The summed E-state index contributed by atoms with van der Waals surface area (Å²) >= 11 is 0. The van der Waals surface area contributed by atoms with Crippen molar-refractivity contribution in [3.63, 3.8) is 0 Å². The van der Waals surface area contributed by atoms with Gasteiger partial charge < -0.3 is 24.8 Å². The lowest BCUT2D eigenvalue weighted by Gasteiger charge is -2.29. The molecule has 0 spiro atoms. The fraction of sp³-hybridized carbons (Fsp3) is 0.220. The van der Waals surface area contributed by atoms with Crippen LogP contribution in [-0.2, 0) is 19.5 Å². The van der Waals surface area contributed by atoms with Crippen LogP contribution < -0.4 is 21.1 Å². The first-order valence-electron chi connectivity index (χ1n) is 18.4. The van der Waals surface area contributed by atoms with Crippen molar-refractivity contribution in [1.82, 2.24) is 38.9 Å². The third-order valence-corrected chi connectivity index (χ3v) is 10.5. The summed E-state index contributed by atoms with van der Waals surface area (Å²) in [7, 11) is 0. The number of anilines is 2. The van der Waals surface area contributed by atoms with Crippen molar-refractivity contribution in [2.75, 3.05) is 25.0 Å². The number of nitriles is 1. The van der Waals surface area contributed by atoms with Gasteiger partial charge in [0.2, 0.25) is 5.95 Å². The van der Waals surface area contributed by atoms with Gasteiger partial charge in [-0.05, 0) is 97.7 Å². The maximum absolute atomic E-state index is 15.1. The lowest BCUT2D eigenvalue weighted by molar-refractivity contribution is -0.274. The molecule has 0 unspecified atom stereocenters. The summed E-state index contributed by atoms with van der Waals surface area (Å²) in [6.45, 7) is 2.16. The highest BCUT2D eigenvalue weighted by atomic mass is 19.4. The summed E-state index contributed by atoms with van der Waals surface area (Å²) in [5.41, 5.74) is 5.00. The average molecular weight is 789 g/mol. The molecule has 17 heteroatoms. The van der Waals surface area contributed by atoms with Crippen LogP contribution in [0, 0.1) is 17.1 Å². The molecule has 292 valence electrons. The molecule has 2 aliphatic heterocycles. The van der Waals surface area contributed by atoms with Crippen LogP contribution in [0.15, 0.2) is 96.1 Å². The van der Waals surface area contributed by atoms with Crippen LogP contribution in [0.2, 0.25) is 0 Å². The smallest absolute Gasteiger partial charge is 0.406 e. The van der Waals surface area contributed by atoms with E-state index in [1.54, 1.807) is 52.1 Å². The van der Waals surface area contributed by atoms with Crippen LogP contribution in [0.1, 0.15) is 45.2 Å². The number of aromatic nitrogens is 6. The largest absolute Gasteiger partial charge is 0.573 e. The fourth-order valence-corrected chi connectivity index (χ4v) is 7.83. The van der Waals surface area contributed by atoms with E-state index in [4.69, 9.17) is 0 Å². The minimum Gasteiger partial charge on any atom is -0.406 e. The van der Waals surface area contributed by atoms with Gasteiger partial charge in [0.25, 0.3) is 5.91 Å². The Bertz CT molecular complexity index is 2820. The van der Waals surface area contributed by atoms with Gasteiger partial charge in [0.15, 0.2) is 5.65 Å². The summed E-state index contributed by atoms with van der Waals surface area (Å²) in [4.78, 5) is 43.6. The Morgan fingerprint density at radius 1 is 1.03 bits per heavy atom. The van der Waals surface area contributed by atoms with E-state index in [1.165, 1.54) is 41.1 Å². The number of halogens is 4. The van der Waals surface area contributed by atoms with Crippen LogP contribution in [0.4, 0.5) is 29.2 Å². The van der Waals surface area contributed by atoms with Crippen LogP contribution in [-0.4, -0.2) is 65.5 Å². The lowest BCUT2D eigenvalue weighted by Crippen LogP contribution is -2.36. The molecule has 1 saturated heterocycles. The number of nitrogens with one attached hydrogen (secondary N) is 2. The van der Waals surface area contributed by atoms with E-state index in [0.717, 1.165) is 16.6 Å². The van der Waals surface area contributed by atoms with Gasteiger partial charge in [-0.25, -0.2) is 19.2 Å². The highest BCUT2D eigenvalue weighted by Crippen LogP contribution is 2.32. The molecule has 6 heterocycles. The second kappa shape index (κ2) is 14.5. The Hall–Kier alpha value is -7.06. The Labute approximate surface area is 326 Å². The second-order valence-electron chi connectivity index (χ2n) is 14.1. The van der Waals surface area contributed by atoms with E-state index in [9.17, 15) is 28.0 Å². The third-order valence-electron chi connectivity index (χ3n) is 10.5. The SMILES string of the molecule is N#Cc1ccc(Cn2c3c(c4cccnc42)CCN(C(=O)c2ccc(-n4c(=O)n([C@H]5CCNC5)c5nc(Nc6ccc(OC(F)(F)F)cc6)ncc54)cc2)C3)c(F)c1. The predicted octanol–water partition coefficient (Wildman–Crippen LogP) is 6.37. The molecular weight excluding hydrogens is 757 g/mol. The number of ether oxygens (including phenoxy) is 1. The number of carbonyl (C=O) groups is 1. The van der Waals surface area contributed by atoms with Crippen molar-refractivity contribution >= 4 is 39.7 Å². The van der Waals surface area contributed by atoms with Gasteiger partial charge in [-0.1, -0.05) is 6.07 Å². The van der Waals surface area contributed by atoms with E-state index in [0.29, 0.717) is 71.8 Å². The molecule has 13 nitrogen and oxygen atoms in total. The topological polar surface area (TPSA) is 148 Å². The van der Waals surface area contributed by atoms with Crippen molar-refractivity contribution in [2.45, 2.75) is 38.3 Å². The zero-order valence-electron chi connectivity index (χ0n) is 30.5. The number of pyridine rings is 1. The summed E-state index contributed by atoms with van der Waals surface area (Å²) in [6.07, 6.45) is -0.363. The molecular formula is C41H32F4N10O3. The zero-order valence-corrected chi connectivity index (χ0v) is 30.5. The quantitative estimate of drug-likeness (QED) is 0.168. The summed E-state index contributed by atoms with van der Waals surface area (Å²) in [5, 5.41) is 16.4. The standard InChI is InChI=1S/C41H32F4N10O3/c42-33-18-24(19-46)3-4-26(33)22-53-35-23-52(17-14-31(35)32-2-1-15-48-36(32)53)38(56)25-5-9-28(10-6-25)54-34-21-49-39(50-27-7-11-30(12-8-27)58-41(43,44)45)51-37(34)55(40(54)57)29-13-16-47-20-29/h1-12,15,18,21,29,47H,13-14,16-17,20,22-23H2,(H,49,50,51)/t29-/m0/s1. The number of alkyl halides is 3. The Morgan fingerprint density at radius 3 is 2.57 bits per heavy atom. The molecule has 1 atom stereocenters. The zero-order chi connectivity index (χ0) is 40.1. The number of benzene rings is 3. The minimum atomic E-state index is -4.82. The van der Waals surface area contributed by atoms with E-state index in [2.05, 4.69) is 30.3 Å². The molecule has 9 rings (SSSR count).